The fourth-order valence-electron chi connectivity index (χ4n) is 5.12. The number of hydrogen-bond acceptors (Lipinski definition) is 5. The standard InChI is InChI=1S/C26H28F3N5O3/c1-32-23-19(3-2-4-20(23)34(25(32)37)21-7-8-22(35)31-24(21)36)30-14-16-5-6-17(18(27)13-16)15-33-11-9-26(28,29)10-12-33/h2-6,13,21,30H,7-12,14-15H2,1H3,(H,31,35,36). The van der Waals surface area contributed by atoms with E-state index >= 15 is 0 Å². The smallest absolute Gasteiger partial charge is 0.329 e. The van der Waals surface area contributed by atoms with Crippen LogP contribution in [0.5, 0.6) is 0 Å². The molecule has 0 spiro atoms. The first kappa shape index (κ1) is 25.1. The van der Waals surface area contributed by atoms with E-state index in [1.807, 2.05) is 4.90 Å². The minimum Gasteiger partial charge on any atom is -0.379 e. The van der Waals surface area contributed by atoms with E-state index in [2.05, 4.69) is 10.6 Å². The molecule has 0 radical (unpaired) electrons. The Labute approximate surface area is 211 Å². The molecule has 196 valence electrons. The largest absolute Gasteiger partial charge is 0.379 e. The van der Waals surface area contributed by atoms with Crippen LogP contribution in [0, 0.1) is 5.82 Å². The van der Waals surface area contributed by atoms with E-state index < -0.39 is 23.7 Å². The lowest BCUT2D eigenvalue weighted by Gasteiger charge is -2.31. The highest BCUT2D eigenvalue weighted by atomic mass is 19.3. The summed E-state index contributed by atoms with van der Waals surface area (Å²) >= 11 is 0. The lowest BCUT2D eigenvalue weighted by atomic mass is 10.0. The Morgan fingerprint density at radius 3 is 2.57 bits per heavy atom. The maximum absolute atomic E-state index is 14.8. The minimum atomic E-state index is -2.64. The molecular formula is C26H28F3N5O3. The van der Waals surface area contributed by atoms with Crippen LogP contribution in [0.25, 0.3) is 11.0 Å². The highest BCUT2D eigenvalue weighted by Crippen LogP contribution is 2.30. The summed E-state index contributed by atoms with van der Waals surface area (Å²) in [5.74, 6) is -3.89. The molecule has 0 aliphatic carbocycles. The minimum absolute atomic E-state index is 0.156. The third kappa shape index (κ3) is 5.00. The number of para-hydroxylation sites is 1. The molecule has 1 unspecified atom stereocenters. The molecule has 1 aromatic heterocycles. The van der Waals surface area contributed by atoms with E-state index in [0.29, 0.717) is 27.8 Å². The molecule has 2 saturated heterocycles. The summed E-state index contributed by atoms with van der Waals surface area (Å²) in [5.41, 5.74) is 2.56. The number of anilines is 1. The number of nitrogens with zero attached hydrogens (tertiary/aromatic N) is 3. The predicted octanol–water partition coefficient (Wildman–Crippen LogP) is 3.30. The second kappa shape index (κ2) is 9.70. The number of likely N-dealkylation sites (tertiary alicyclic amines) is 1. The summed E-state index contributed by atoms with van der Waals surface area (Å²) in [4.78, 5) is 38.9. The van der Waals surface area contributed by atoms with Gasteiger partial charge in [-0.2, -0.15) is 0 Å². The molecule has 2 aliphatic rings. The first-order chi connectivity index (χ1) is 17.6. The van der Waals surface area contributed by atoms with Crippen molar-refractivity contribution in [1.82, 2.24) is 19.4 Å². The molecule has 0 bridgehead atoms. The third-order valence-corrected chi connectivity index (χ3v) is 7.21. The second-order valence-corrected chi connectivity index (χ2v) is 9.76. The molecule has 11 heteroatoms. The van der Waals surface area contributed by atoms with Crippen molar-refractivity contribution >= 4 is 28.5 Å². The maximum Gasteiger partial charge on any atom is 0.329 e. The van der Waals surface area contributed by atoms with Crippen LogP contribution in [0.15, 0.2) is 41.2 Å². The number of aromatic nitrogens is 2. The van der Waals surface area contributed by atoms with Crippen LogP contribution in [-0.4, -0.2) is 44.9 Å². The lowest BCUT2D eigenvalue weighted by Crippen LogP contribution is -2.44. The van der Waals surface area contributed by atoms with Gasteiger partial charge in [0.2, 0.25) is 11.8 Å². The molecule has 1 atom stereocenters. The van der Waals surface area contributed by atoms with E-state index in [1.54, 1.807) is 37.4 Å². The highest BCUT2D eigenvalue weighted by Gasteiger charge is 2.34. The van der Waals surface area contributed by atoms with Crippen LogP contribution < -0.4 is 16.3 Å². The van der Waals surface area contributed by atoms with Gasteiger partial charge in [-0.15, -0.1) is 0 Å². The third-order valence-electron chi connectivity index (χ3n) is 7.21. The van der Waals surface area contributed by atoms with E-state index in [0.717, 1.165) is 0 Å². The molecule has 37 heavy (non-hydrogen) atoms. The zero-order chi connectivity index (χ0) is 26.3. The molecular weight excluding hydrogens is 487 g/mol. The monoisotopic (exact) mass is 515 g/mol. The maximum atomic E-state index is 14.8. The Balaban J connectivity index is 1.33. The molecule has 3 heterocycles. The molecule has 2 amide bonds. The molecule has 2 aromatic carbocycles. The molecule has 5 rings (SSSR count). The van der Waals surface area contributed by atoms with Gasteiger partial charge in [-0.25, -0.2) is 18.0 Å². The summed E-state index contributed by atoms with van der Waals surface area (Å²) in [5, 5.41) is 5.55. The van der Waals surface area contributed by atoms with E-state index in [-0.39, 0.29) is 63.5 Å². The van der Waals surface area contributed by atoms with Crippen LogP contribution in [0.3, 0.4) is 0 Å². The van der Waals surface area contributed by atoms with Crippen molar-refractivity contribution in [3.8, 4) is 0 Å². The number of carbonyl (C=O) groups excluding carboxylic acids is 2. The molecule has 2 N–H and O–H groups in total. The Morgan fingerprint density at radius 2 is 1.86 bits per heavy atom. The number of hydrogen-bond donors (Lipinski definition) is 2. The molecule has 3 aromatic rings. The quantitative estimate of drug-likeness (QED) is 0.492. The van der Waals surface area contributed by atoms with E-state index in [1.165, 1.54) is 15.2 Å². The second-order valence-electron chi connectivity index (χ2n) is 9.76. The first-order valence-electron chi connectivity index (χ1n) is 12.3. The SMILES string of the molecule is Cn1c(=O)n(C2CCC(=O)NC2=O)c2cccc(NCc3ccc(CN4CCC(F)(F)CC4)c(F)c3)c21. The number of aryl methyl sites for hydroxylation is 1. The van der Waals surface area contributed by atoms with E-state index in [4.69, 9.17) is 0 Å². The number of carbonyl (C=O) groups is 2. The summed E-state index contributed by atoms with van der Waals surface area (Å²) in [6.07, 6.45) is -0.0261. The molecule has 2 fully saturated rings. The van der Waals surface area contributed by atoms with Crippen LogP contribution in [0.2, 0.25) is 0 Å². The molecule has 0 saturated carbocycles. The van der Waals surface area contributed by atoms with Crippen molar-refractivity contribution in [2.24, 2.45) is 7.05 Å². The predicted molar refractivity (Wildman–Crippen MR) is 132 cm³/mol. The van der Waals surface area contributed by atoms with Gasteiger partial charge in [0.15, 0.2) is 0 Å². The summed E-state index contributed by atoms with van der Waals surface area (Å²) < 4.78 is 44.4. The highest BCUT2D eigenvalue weighted by molar-refractivity contribution is 6.00. The fraction of sp³-hybridized carbons (Fsp3) is 0.423. The van der Waals surface area contributed by atoms with Crippen molar-refractivity contribution in [3.63, 3.8) is 0 Å². The van der Waals surface area contributed by atoms with E-state index in [9.17, 15) is 27.6 Å². The summed E-state index contributed by atoms with van der Waals surface area (Å²) in [6.45, 7) is 1.03. The Kier molecular flexibility index (Phi) is 6.57. The normalized spacial score (nSPS) is 20.3. The van der Waals surface area contributed by atoms with Crippen molar-refractivity contribution < 1.29 is 22.8 Å². The van der Waals surface area contributed by atoms with Crippen LogP contribution >= 0.6 is 0 Å². The number of rotatable bonds is 6. The number of amides is 2. The fourth-order valence-corrected chi connectivity index (χ4v) is 5.12. The van der Waals surface area contributed by atoms with Crippen LogP contribution in [0.1, 0.15) is 42.9 Å². The first-order valence-corrected chi connectivity index (χ1v) is 12.3. The zero-order valence-corrected chi connectivity index (χ0v) is 20.4. The van der Waals surface area contributed by atoms with Gasteiger partial charge in [0.05, 0.1) is 16.7 Å². The van der Waals surface area contributed by atoms with Gasteiger partial charge in [-0.3, -0.25) is 28.9 Å². The number of alkyl halides is 2. The average molecular weight is 516 g/mol. The number of nitrogens with one attached hydrogen (secondary N) is 2. The Morgan fingerprint density at radius 1 is 1.11 bits per heavy atom. The Hall–Kier alpha value is -3.60. The Bertz CT molecular complexity index is 1420. The topological polar surface area (TPSA) is 88.4 Å². The van der Waals surface area contributed by atoms with Crippen LogP contribution in [-0.2, 0) is 29.7 Å². The summed E-state index contributed by atoms with van der Waals surface area (Å²) in [7, 11) is 1.61. The van der Waals surface area contributed by atoms with Gasteiger partial charge in [0, 0.05) is 58.1 Å². The van der Waals surface area contributed by atoms with Crippen molar-refractivity contribution in [2.75, 3.05) is 18.4 Å². The number of halogens is 3. The molecule has 8 nitrogen and oxygen atoms in total. The van der Waals surface area contributed by atoms with Gasteiger partial charge < -0.3 is 5.32 Å². The van der Waals surface area contributed by atoms with Gasteiger partial charge in [-0.1, -0.05) is 18.2 Å². The van der Waals surface area contributed by atoms with Gasteiger partial charge in [0.1, 0.15) is 11.9 Å². The number of fused-ring (bicyclic) bond motifs is 1. The van der Waals surface area contributed by atoms with Crippen molar-refractivity contribution in [1.29, 1.82) is 0 Å². The van der Waals surface area contributed by atoms with Gasteiger partial charge in [-0.05, 0) is 30.2 Å². The zero-order valence-electron chi connectivity index (χ0n) is 20.4. The summed E-state index contributed by atoms with van der Waals surface area (Å²) in [6, 6.07) is 9.42. The number of benzene rings is 2. The lowest BCUT2D eigenvalue weighted by molar-refractivity contribution is -0.135. The van der Waals surface area contributed by atoms with Crippen molar-refractivity contribution in [2.45, 2.75) is 50.7 Å². The number of imidazole rings is 1. The number of piperidine rings is 2. The van der Waals surface area contributed by atoms with Gasteiger partial charge >= 0.3 is 5.69 Å². The van der Waals surface area contributed by atoms with Crippen LogP contribution in [0.4, 0.5) is 18.9 Å². The molecule has 2 aliphatic heterocycles. The van der Waals surface area contributed by atoms with Gasteiger partial charge in [0.25, 0.3) is 5.92 Å². The number of imide groups is 1. The van der Waals surface area contributed by atoms with Crippen molar-refractivity contribution in [3.05, 3.63) is 63.8 Å². The average Bonchev–Trinajstić information content (AvgIpc) is 3.11.